The van der Waals surface area contributed by atoms with Crippen molar-refractivity contribution in [3.8, 4) is 0 Å². The first kappa shape index (κ1) is 7.60. The van der Waals surface area contributed by atoms with Crippen molar-refractivity contribution in [2.45, 2.75) is 45.1 Å². The van der Waals surface area contributed by atoms with Crippen LogP contribution in [0.3, 0.4) is 0 Å². The molecule has 0 aromatic carbocycles. The molecule has 0 heterocycles. The first-order valence-corrected chi connectivity index (χ1v) is 4.96. The molecule has 2 N–H and O–H groups in total. The van der Waals surface area contributed by atoms with Crippen molar-refractivity contribution in [1.29, 1.82) is 0 Å². The van der Waals surface area contributed by atoms with Crippen molar-refractivity contribution in [3.05, 3.63) is 0 Å². The molecule has 2 saturated carbocycles. The van der Waals surface area contributed by atoms with Gasteiger partial charge in [-0.3, -0.25) is 0 Å². The minimum absolute atomic E-state index is 0.247. The van der Waals surface area contributed by atoms with Crippen LogP contribution in [-0.2, 0) is 0 Å². The summed E-state index contributed by atoms with van der Waals surface area (Å²) in [6, 6.07) is 0. The lowest BCUT2D eigenvalue weighted by Gasteiger charge is -2.15. The van der Waals surface area contributed by atoms with E-state index in [2.05, 4.69) is 13.8 Å². The van der Waals surface area contributed by atoms with Crippen LogP contribution in [0.2, 0.25) is 0 Å². The molecule has 2 atom stereocenters. The molecule has 0 radical (unpaired) electrons. The molecular weight excluding hydrogens is 134 g/mol. The fraction of sp³-hybridized carbons (Fsp3) is 1.00. The zero-order valence-corrected chi connectivity index (χ0v) is 7.64. The average molecular weight is 153 g/mol. The van der Waals surface area contributed by atoms with Crippen molar-refractivity contribution in [2.24, 2.45) is 23.5 Å². The molecule has 0 aliphatic heterocycles. The summed E-state index contributed by atoms with van der Waals surface area (Å²) in [5.41, 5.74) is 6.59. The number of nitrogens with two attached hydrogens (primary N) is 1. The summed E-state index contributed by atoms with van der Waals surface area (Å²) in [5, 5.41) is 0. The van der Waals surface area contributed by atoms with E-state index < -0.39 is 0 Å². The largest absolute Gasteiger partial charge is 0.324 e. The molecule has 2 fully saturated rings. The Bertz CT molecular complexity index is 150. The number of fused-ring (bicyclic) bond motifs is 1. The van der Waals surface area contributed by atoms with Gasteiger partial charge in [-0.05, 0) is 30.6 Å². The number of hydrogen-bond donors (Lipinski definition) is 1. The van der Waals surface area contributed by atoms with Gasteiger partial charge >= 0.3 is 0 Å². The van der Waals surface area contributed by atoms with E-state index >= 15 is 0 Å². The molecule has 11 heavy (non-hydrogen) atoms. The summed E-state index contributed by atoms with van der Waals surface area (Å²) in [5.74, 6) is 2.46. The van der Waals surface area contributed by atoms with Crippen LogP contribution in [0.25, 0.3) is 0 Å². The second kappa shape index (κ2) is 2.22. The zero-order valence-electron chi connectivity index (χ0n) is 7.64. The maximum atomic E-state index is 6.34. The predicted molar refractivity (Wildman–Crippen MR) is 47.2 cm³/mol. The highest BCUT2D eigenvalue weighted by Crippen LogP contribution is 2.60. The van der Waals surface area contributed by atoms with Crippen molar-refractivity contribution >= 4 is 0 Å². The Morgan fingerprint density at radius 1 is 1.18 bits per heavy atom. The quantitative estimate of drug-likeness (QED) is 0.614. The molecule has 2 unspecified atom stereocenters. The molecule has 0 amide bonds. The Morgan fingerprint density at radius 3 is 2.00 bits per heavy atom. The third-order valence-electron chi connectivity index (χ3n) is 3.94. The smallest absolute Gasteiger partial charge is 0.0241 e. The van der Waals surface area contributed by atoms with Crippen LogP contribution in [0.1, 0.15) is 39.5 Å². The fourth-order valence-electron chi connectivity index (χ4n) is 3.07. The lowest BCUT2D eigenvalue weighted by molar-refractivity contribution is 0.421. The summed E-state index contributed by atoms with van der Waals surface area (Å²) < 4.78 is 0. The SMILES string of the molecule is CC(C)C1(N)C2CCCCC21. The molecule has 64 valence electrons. The topological polar surface area (TPSA) is 26.0 Å². The Kier molecular flexibility index (Phi) is 1.54. The number of rotatable bonds is 1. The summed E-state index contributed by atoms with van der Waals surface area (Å²) >= 11 is 0. The molecular formula is C10H19N. The van der Waals surface area contributed by atoms with E-state index in [0.29, 0.717) is 5.92 Å². The summed E-state index contributed by atoms with van der Waals surface area (Å²) in [7, 11) is 0. The molecule has 2 rings (SSSR count). The van der Waals surface area contributed by atoms with Gasteiger partial charge < -0.3 is 5.73 Å². The van der Waals surface area contributed by atoms with Gasteiger partial charge in [-0.1, -0.05) is 26.7 Å². The van der Waals surface area contributed by atoms with E-state index in [1.54, 1.807) is 0 Å². The van der Waals surface area contributed by atoms with Crippen LogP contribution in [-0.4, -0.2) is 5.54 Å². The van der Waals surface area contributed by atoms with E-state index in [4.69, 9.17) is 5.73 Å². The Balaban J connectivity index is 2.08. The van der Waals surface area contributed by atoms with E-state index in [9.17, 15) is 0 Å². The first-order chi connectivity index (χ1) is 5.17. The number of hydrogen-bond acceptors (Lipinski definition) is 1. The van der Waals surface area contributed by atoms with Gasteiger partial charge in [0, 0.05) is 5.54 Å². The van der Waals surface area contributed by atoms with Crippen molar-refractivity contribution in [2.75, 3.05) is 0 Å². The van der Waals surface area contributed by atoms with Gasteiger partial charge in [0.25, 0.3) is 0 Å². The van der Waals surface area contributed by atoms with Gasteiger partial charge in [0.1, 0.15) is 0 Å². The molecule has 2 aliphatic carbocycles. The van der Waals surface area contributed by atoms with Crippen LogP contribution >= 0.6 is 0 Å². The van der Waals surface area contributed by atoms with Crippen LogP contribution in [0.5, 0.6) is 0 Å². The third kappa shape index (κ3) is 0.868. The van der Waals surface area contributed by atoms with Crippen molar-refractivity contribution < 1.29 is 0 Å². The summed E-state index contributed by atoms with van der Waals surface area (Å²) in [4.78, 5) is 0. The van der Waals surface area contributed by atoms with Gasteiger partial charge in [0.2, 0.25) is 0 Å². The van der Waals surface area contributed by atoms with Gasteiger partial charge in [-0.15, -0.1) is 0 Å². The third-order valence-corrected chi connectivity index (χ3v) is 3.94. The van der Waals surface area contributed by atoms with Crippen LogP contribution < -0.4 is 5.73 Å². The molecule has 0 spiro atoms. The molecule has 0 aromatic heterocycles. The van der Waals surface area contributed by atoms with Gasteiger partial charge in [-0.2, -0.15) is 0 Å². The highest BCUT2D eigenvalue weighted by Gasteiger charge is 2.62. The second-order valence-electron chi connectivity index (χ2n) is 4.65. The van der Waals surface area contributed by atoms with E-state index in [1.165, 1.54) is 25.7 Å². The van der Waals surface area contributed by atoms with Crippen LogP contribution in [0.4, 0.5) is 0 Å². The first-order valence-electron chi connectivity index (χ1n) is 4.96. The Morgan fingerprint density at radius 2 is 1.64 bits per heavy atom. The molecule has 0 aromatic rings. The van der Waals surface area contributed by atoms with E-state index in [1.807, 2.05) is 0 Å². The van der Waals surface area contributed by atoms with Gasteiger partial charge in [-0.25, -0.2) is 0 Å². The lowest BCUT2D eigenvalue weighted by atomic mass is 9.98. The lowest BCUT2D eigenvalue weighted by Crippen LogP contribution is -2.33. The average Bonchev–Trinajstić information content (AvgIpc) is 2.61. The Labute approximate surface area is 69.4 Å². The predicted octanol–water partition coefficient (Wildman–Crippen LogP) is 2.16. The van der Waals surface area contributed by atoms with Gasteiger partial charge in [0.05, 0.1) is 0 Å². The summed E-state index contributed by atoms with van der Waals surface area (Å²) in [6.07, 6.45) is 5.65. The Hall–Kier alpha value is -0.0400. The molecule has 0 bridgehead atoms. The van der Waals surface area contributed by atoms with Crippen LogP contribution in [0.15, 0.2) is 0 Å². The van der Waals surface area contributed by atoms with E-state index in [0.717, 1.165) is 11.8 Å². The van der Waals surface area contributed by atoms with Crippen molar-refractivity contribution in [3.63, 3.8) is 0 Å². The molecule has 1 heteroatoms. The van der Waals surface area contributed by atoms with Crippen LogP contribution in [0, 0.1) is 17.8 Å². The molecule has 2 aliphatic rings. The minimum atomic E-state index is 0.247. The summed E-state index contributed by atoms with van der Waals surface area (Å²) in [6.45, 7) is 4.55. The molecule has 0 saturated heterocycles. The van der Waals surface area contributed by atoms with Crippen molar-refractivity contribution in [1.82, 2.24) is 0 Å². The standard InChI is InChI=1S/C10H19N/c1-7(2)10(11)8-5-3-4-6-9(8)10/h7-9H,3-6,11H2,1-2H3. The second-order valence-corrected chi connectivity index (χ2v) is 4.65. The highest BCUT2D eigenvalue weighted by atomic mass is 14.9. The maximum absolute atomic E-state index is 6.34. The van der Waals surface area contributed by atoms with Gasteiger partial charge in [0.15, 0.2) is 0 Å². The minimum Gasteiger partial charge on any atom is -0.324 e. The fourth-order valence-corrected chi connectivity index (χ4v) is 3.07. The van der Waals surface area contributed by atoms with E-state index in [-0.39, 0.29) is 5.54 Å². The molecule has 1 nitrogen and oxygen atoms in total. The highest BCUT2D eigenvalue weighted by molar-refractivity contribution is 5.18. The monoisotopic (exact) mass is 153 g/mol. The normalized spacial score (nSPS) is 49.1. The zero-order chi connectivity index (χ0) is 8.06. The maximum Gasteiger partial charge on any atom is 0.0241 e.